The highest BCUT2D eigenvalue weighted by Crippen LogP contribution is 2.23. The van der Waals surface area contributed by atoms with Gasteiger partial charge in [-0.2, -0.15) is 5.10 Å². The molecule has 0 radical (unpaired) electrons. The fourth-order valence-corrected chi connectivity index (χ4v) is 3.30. The maximum atomic E-state index is 12.9. The highest BCUT2D eigenvalue weighted by molar-refractivity contribution is 5.95. The second-order valence-electron chi connectivity index (χ2n) is 5.95. The van der Waals surface area contributed by atoms with E-state index in [-0.39, 0.29) is 5.91 Å². The number of carbonyl (C=O) groups excluding carboxylic acids is 1. The Hall–Kier alpha value is -2.10. The van der Waals surface area contributed by atoms with Gasteiger partial charge in [0, 0.05) is 12.6 Å². The van der Waals surface area contributed by atoms with Crippen molar-refractivity contribution in [1.82, 2.24) is 14.7 Å². The van der Waals surface area contributed by atoms with Gasteiger partial charge in [0.05, 0.1) is 23.1 Å². The molecule has 2 heterocycles. The number of carbonyl (C=O) groups is 1. The van der Waals surface area contributed by atoms with Crippen molar-refractivity contribution in [2.24, 2.45) is 0 Å². The quantitative estimate of drug-likeness (QED) is 0.868. The van der Waals surface area contributed by atoms with Crippen LogP contribution in [-0.4, -0.2) is 33.2 Å². The van der Waals surface area contributed by atoms with Gasteiger partial charge in [0.25, 0.3) is 5.91 Å². The van der Waals surface area contributed by atoms with Gasteiger partial charge in [-0.1, -0.05) is 25.1 Å². The summed E-state index contributed by atoms with van der Waals surface area (Å²) in [4.78, 5) is 15.0. The molecule has 0 saturated carbocycles. The monoisotopic (exact) mass is 297 g/mol. The third-order valence-electron chi connectivity index (χ3n) is 4.60. The molecule has 22 heavy (non-hydrogen) atoms. The molecule has 4 heteroatoms. The van der Waals surface area contributed by atoms with Crippen LogP contribution in [0.25, 0.3) is 5.69 Å². The lowest BCUT2D eigenvalue weighted by molar-refractivity contribution is 0.0607. The van der Waals surface area contributed by atoms with Gasteiger partial charge in [-0.05, 0) is 44.7 Å². The molecule has 1 fully saturated rings. The third-order valence-corrected chi connectivity index (χ3v) is 4.60. The second kappa shape index (κ2) is 6.34. The van der Waals surface area contributed by atoms with Crippen molar-refractivity contribution in [3.8, 4) is 5.69 Å². The summed E-state index contributed by atoms with van der Waals surface area (Å²) in [6.45, 7) is 5.00. The number of rotatable bonds is 3. The first-order chi connectivity index (χ1) is 10.7. The SMILES string of the molecule is CCC1CCCCN1C(=O)c1cnn(-c2ccccc2)c1C. The van der Waals surface area contributed by atoms with Crippen LogP contribution >= 0.6 is 0 Å². The van der Waals surface area contributed by atoms with E-state index in [0.29, 0.717) is 6.04 Å². The minimum atomic E-state index is 0.131. The number of amides is 1. The highest BCUT2D eigenvalue weighted by atomic mass is 16.2. The standard InChI is InChI=1S/C18H23N3O/c1-3-15-9-7-8-12-20(15)18(22)17-13-19-21(14(17)2)16-10-5-4-6-11-16/h4-6,10-11,13,15H,3,7-9,12H2,1-2H3. The van der Waals surface area contributed by atoms with Crippen LogP contribution in [0.15, 0.2) is 36.5 Å². The number of para-hydroxylation sites is 1. The van der Waals surface area contributed by atoms with E-state index in [1.165, 1.54) is 6.42 Å². The molecule has 1 atom stereocenters. The van der Waals surface area contributed by atoms with Crippen molar-refractivity contribution in [3.63, 3.8) is 0 Å². The maximum Gasteiger partial charge on any atom is 0.257 e. The van der Waals surface area contributed by atoms with E-state index >= 15 is 0 Å². The van der Waals surface area contributed by atoms with E-state index in [0.717, 1.165) is 42.8 Å². The topological polar surface area (TPSA) is 38.1 Å². The van der Waals surface area contributed by atoms with Crippen LogP contribution in [0, 0.1) is 6.92 Å². The Morgan fingerprint density at radius 3 is 2.77 bits per heavy atom. The minimum absolute atomic E-state index is 0.131. The van der Waals surface area contributed by atoms with Crippen molar-refractivity contribution >= 4 is 5.91 Å². The molecular weight excluding hydrogens is 274 g/mol. The number of benzene rings is 1. The second-order valence-corrected chi connectivity index (χ2v) is 5.95. The van der Waals surface area contributed by atoms with Gasteiger partial charge in [0.2, 0.25) is 0 Å². The van der Waals surface area contributed by atoms with Crippen LogP contribution in [-0.2, 0) is 0 Å². The van der Waals surface area contributed by atoms with Gasteiger partial charge in [0.1, 0.15) is 0 Å². The molecule has 1 aromatic carbocycles. The molecule has 4 nitrogen and oxygen atoms in total. The number of aromatic nitrogens is 2. The average Bonchev–Trinajstić information content (AvgIpc) is 2.96. The first-order valence-corrected chi connectivity index (χ1v) is 8.13. The van der Waals surface area contributed by atoms with Gasteiger partial charge < -0.3 is 4.90 Å². The summed E-state index contributed by atoms with van der Waals surface area (Å²) in [6, 6.07) is 10.3. The van der Waals surface area contributed by atoms with Crippen LogP contribution in [0.3, 0.4) is 0 Å². The molecular formula is C18H23N3O. The molecule has 1 aliphatic rings. The van der Waals surface area contributed by atoms with Crippen molar-refractivity contribution in [1.29, 1.82) is 0 Å². The fraction of sp³-hybridized carbons (Fsp3) is 0.444. The summed E-state index contributed by atoms with van der Waals surface area (Å²) in [6.07, 6.45) is 6.19. The molecule has 3 rings (SSSR count). The van der Waals surface area contributed by atoms with Gasteiger partial charge in [-0.25, -0.2) is 4.68 Å². The van der Waals surface area contributed by atoms with E-state index in [9.17, 15) is 4.79 Å². The predicted octanol–water partition coefficient (Wildman–Crippen LogP) is 3.59. The summed E-state index contributed by atoms with van der Waals surface area (Å²) < 4.78 is 1.85. The molecule has 116 valence electrons. The molecule has 0 N–H and O–H groups in total. The highest BCUT2D eigenvalue weighted by Gasteiger charge is 2.28. The first-order valence-electron chi connectivity index (χ1n) is 8.13. The summed E-state index contributed by atoms with van der Waals surface area (Å²) >= 11 is 0. The first kappa shape index (κ1) is 14.8. The van der Waals surface area contributed by atoms with Crippen LogP contribution in [0.1, 0.15) is 48.7 Å². The van der Waals surface area contributed by atoms with Crippen LogP contribution < -0.4 is 0 Å². The summed E-state index contributed by atoms with van der Waals surface area (Å²) in [7, 11) is 0. The number of hydrogen-bond acceptors (Lipinski definition) is 2. The molecule has 0 aliphatic carbocycles. The molecule has 1 unspecified atom stereocenters. The van der Waals surface area contributed by atoms with Crippen LogP contribution in [0.5, 0.6) is 0 Å². The molecule has 0 spiro atoms. The molecule has 0 bridgehead atoms. The Morgan fingerprint density at radius 1 is 1.27 bits per heavy atom. The minimum Gasteiger partial charge on any atom is -0.336 e. The Kier molecular flexibility index (Phi) is 4.27. The fourth-order valence-electron chi connectivity index (χ4n) is 3.30. The molecule has 2 aromatic rings. The lowest BCUT2D eigenvalue weighted by Gasteiger charge is -2.35. The van der Waals surface area contributed by atoms with Crippen molar-refractivity contribution in [2.75, 3.05) is 6.54 Å². The van der Waals surface area contributed by atoms with Gasteiger partial charge >= 0.3 is 0 Å². The molecule has 1 amide bonds. The van der Waals surface area contributed by atoms with Gasteiger partial charge in [-0.3, -0.25) is 4.79 Å². The molecule has 1 aliphatic heterocycles. The lowest BCUT2D eigenvalue weighted by atomic mass is 9.99. The number of likely N-dealkylation sites (tertiary alicyclic amines) is 1. The van der Waals surface area contributed by atoms with E-state index in [1.807, 2.05) is 46.8 Å². The zero-order chi connectivity index (χ0) is 15.5. The summed E-state index contributed by atoms with van der Waals surface area (Å²) in [5, 5.41) is 4.42. The Bertz CT molecular complexity index is 648. The largest absolute Gasteiger partial charge is 0.336 e. The van der Waals surface area contributed by atoms with Crippen molar-refractivity contribution in [2.45, 2.75) is 45.6 Å². The maximum absolute atomic E-state index is 12.9. The van der Waals surface area contributed by atoms with E-state index in [4.69, 9.17) is 0 Å². The number of nitrogens with zero attached hydrogens (tertiary/aromatic N) is 3. The summed E-state index contributed by atoms with van der Waals surface area (Å²) in [5.74, 6) is 0.131. The zero-order valence-corrected chi connectivity index (χ0v) is 13.3. The van der Waals surface area contributed by atoms with Crippen LogP contribution in [0.4, 0.5) is 0 Å². The Balaban J connectivity index is 1.89. The van der Waals surface area contributed by atoms with Crippen molar-refractivity contribution < 1.29 is 4.79 Å². The van der Waals surface area contributed by atoms with E-state index < -0.39 is 0 Å². The Morgan fingerprint density at radius 2 is 2.05 bits per heavy atom. The summed E-state index contributed by atoms with van der Waals surface area (Å²) in [5.41, 5.74) is 2.63. The molecule has 1 saturated heterocycles. The number of hydrogen-bond donors (Lipinski definition) is 0. The van der Waals surface area contributed by atoms with Gasteiger partial charge in [-0.15, -0.1) is 0 Å². The van der Waals surface area contributed by atoms with Crippen molar-refractivity contribution in [3.05, 3.63) is 47.8 Å². The average molecular weight is 297 g/mol. The lowest BCUT2D eigenvalue weighted by Crippen LogP contribution is -2.43. The smallest absolute Gasteiger partial charge is 0.257 e. The molecule has 1 aromatic heterocycles. The normalized spacial score (nSPS) is 18.5. The number of piperidine rings is 1. The zero-order valence-electron chi connectivity index (χ0n) is 13.3. The Labute approximate surface area is 131 Å². The van der Waals surface area contributed by atoms with E-state index in [2.05, 4.69) is 12.0 Å². The van der Waals surface area contributed by atoms with E-state index in [1.54, 1.807) is 6.20 Å². The third kappa shape index (κ3) is 2.65. The van der Waals surface area contributed by atoms with Crippen LogP contribution in [0.2, 0.25) is 0 Å². The van der Waals surface area contributed by atoms with Gasteiger partial charge in [0.15, 0.2) is 0 Å². The predicted molar refractivity (Wildman–Crippen MR) is 87.3 cm³/mol.